The van der Waals surface area contributed by atoms with Crippen molar-refractivity contribution in [1.82, 2.24) is 0 Å². The first-order valence-electron chi connectivity index (χ1n) is 11.0. The molecule has 0 bridgehead atoms. The molecule has 6 N–H and O–H groups in total. The van der Waals surface area contributed by atoms with Gasteiger partial charge >= 0.3 is 0 Å². The minimum Gasteiger partial charge on any atom is -0.504 e. The first kappa shape index (κ1) is 26.3. The Morgan fingerprint density at radius 2 is 1.59 bits per heavy atom. The molecule has 0 aliphatic carbocycles. The monoisotopic (exact) mass is 522 g/mol. The highest BCUT2D eigenvalue weighted by molar-refractivity contribution is 5.91. The summed E-state index contributed by atoms with van der Waals surface area (Å²) in [6, 6.07) is 5.39. The summed E-state index contributed by atoms with van der Waals surface area (Å²) in [4.78, 5) is 13.3. The van der Waals surface area contributed by atoms with Crippen LogP contribution >= 0.6 is 0 Å². The van der Waals surface area contributed by atoms with E-state index in [0.717, 1.165) is 0 Å². The van der Waals surface area contributed by atoms with E-state index in [2.05, 4.69) is 0 Å². The third kappa shape index (κ3) is 4.47. The molecule has 1 saturated heterocycles. The minimum absolute atomic E-state index is 0.0540. The fourth-order valence-electron chi connectivity index (χ4n) is 4.05. The van der Waals surface area contributed by atoms with Gasteiger partial charge in [-0.15, -0.1) is 0 Å². The number of ether oxygens (including phenoxy) is 5. The van der Waals surface area contributed by atoms with E-state index in [1.165, 1.54) is 45.6 Å². The van der Waals surface area contributed by atoms with Crippen LogP contribution in [0.3, 0.4) is 0 Å². The standard InChI is InChI=1S/C24H26O13/c1-32-11-6-9(4-5-10(11)26)21-23(34-3)18(29)15-12(35-21)7-13(22(33-2)17(15)28)36-24-20(31)19(30)16(27)14(8-25)37-24/h4-7,14,16,19-20,24-28,30-31H,8H2,1-3H3. The van der Waals surface area contributed by atoms with Gasteiger partial charge in [-0.2, -0.15) is 0 Å². The van der Waals surface area contributed by atoms with Crippen LogP contribution in [0.25, 0.3) is 22.3 Å². The Morgan fingerprint density at radius 1 is 0.892 bits per heavy atom. The summed E-state index contributed by atoms with van der Waals surface area (Å²) < 4.78 is 32.5. The number of phenolic OH excluding ortho intramolecular Hbond substituents is 2. The highest BCUT2D eigenvalue weighted by atomic mass is 16.7. The molecule has 200 valence electrons. The Hall–Kier alpha value is -3.75. The summed E-state index contributed by atoms with van der Waals surface area (Å²) in [7, 11) is 3.78. The lowest BCUT2D eigenvalue weighted by Crippen LogP contribution is -2.60. The maximum absolute atomic E-state index is 13.3. The molecule has 0 amide bonds. The zero-order valence-corrected chi connectivity index (χ0v) is 19.9. The number of methoxy groups -OCH3 is 3. The summed E-state index contributed by atoms with van der Waals surface area (Å²) in [5, 5.41) is 60.3. The van der Waals surface area contributed by atoms with Gasteiger partial charge in [0.05, 0.1) is 27.9 Å². The van der Waals surface area contributed by atoms with Crippen molar-refractivity contribution in [2.45, 2.75) is 30.7 Å². The lowest BCUT2D eigenvalue weighted by molar-refractivity contribution is -0.277. The van der Waals surface area contributed by atoms with Gasteiger partial charge < -0.3 is 58.7 Å². The van der Waals surface area contributed by atoms with Gasteiger partial charge in [0.25, 0.3) is 0 Å². The van der Waals surface area contributed by atoms with Crippen LogP contribution in [0.4, 0.5) is 0 Å². The second kappa shape index (κ2) is 10.3. The fourth-order valence-corrected chi connectivity index (χ4v) is 4.05. The predicted octanol–water partition coefficient (Wildman–Crippen LogP) is 0.0757. The van der Waals surface area contributed by atoms with E-state index >= 15 is 0 Å². The average molecular weight is 522 g/mol. The van der Waals surface area contributed by atoms with Gasteiger partial charge in [-0.3, -0.25) is 4.79 Å². The lowest BCUT2D eigenvalue weighted by Gasteiger charge is -2.39. The van der Waals surface area contributed by atoms with E-state index in [1.54, 1.807) is 0 Å². The molecule has 0 saturated carbocycles. The molecule has 2 aromatic carbocycles. The molecule has 1 aromatic heterocycles. The van der Waals surface area contributed by atoms with Crippen LogP contribution in [0.5, 0.6) is 34.5 Å². The van der Waals surface area contributed by atoms with Crippen LogP contribution in [-0.4, -0.2) is 89.3 Å². The molecule has 4 rings (SSSR count). The number of benzene rings is 2. The van der Waals surface area contributed by atoms with E-state index in [9.17, 15) is 35.4 Å². The van der Waals surface area contributed by atoms with Crippen LogP contribution in [0.15, 0.2) is 33.5 Å². The van der Waals surface area contributed by atoms with E-state index < -0.39 is 48.5 Å². The van der Waals surface area contributed by atoms with Gasteiger partial charge in [0, 0.05) is 11.6 Å². The van der Waals surface area contributed by atoms with Gasteiger partial charge in [-0.25, -0.2) is 0 Å². The van der Waals surface area contributed by atoms with Crippen molar-refractivity contribution in [3.8, 4) is 45.8 Å². The van der Waals surface area contributed by atoms with Crippen molar-refractivity contribution in [3.63, 3.8) is 0 Å². The smallest absolute Gasteiger partial charge is 0.239 e. The summed E-state index contributed by atoms with van der Waals surface area (Å²) in [6.45, 7) is -0.682. The summed E-state index contributed by atoms with van der Waals surface area (Å²) in [6.07, 6.45) is -7.92. The predicted molar refractivity (Wildman–Crippen MR) is 125 cm³/mol. The van der Waals surface area contributed by atoms with Crippen molar-refractivity contribution in [3.05, 3.63) is 34.5 Å². The van der Waals surface area contributed by atoms with Crippen molar-refractivity contribution in [1.29, 1.82) is 0 Å². The van der Waals surface area contributed by atoms with E-state index in [0.29, 0.717) is 5.56 Å². The Kier molecular flexibility index (Phi) is 7.34. The average Bonchev–Trinajstić information content (AvgIpc) is 2.89. The third-order valence-corrected chi connectivity index (χ3v) is 5.98. The fraction of sp³-hybridized carbons (Fsp3) is 0.375. The second-order valence-electron chi connectivity index (χ2n) is 8.13. The maximum Gasteiger partial charge on any atom is 0.239 e. The molecule has 3 aromatic rings. The van der Waals surface area contributed by atoms with E-state index in [1.807, 2.05) is 0 Å². The molecule has 5 atom stereocenters. The van der Waals surface area contributed by atoms with E-state index in [-0.39, 0.29) is 45.5 Å². The molecule has 0 spiro atoms. The Bertz CT molecular complexity index is 1350. The van der Waals surface area contributed by atoms with E-state index in [4.69, 9.17) is 28.1 Å². The quantitative estimate of drug-likeness (QED) is 0.244. The van der Waals surface area contributed by atoms with Gasteiger partial charge in [0.2, 0.25) is 23.2 Å². The molecule has 1 fully saturated rings. The van der Waals surface area contributed by atoms with Gasteiger partial charge in [0.1, 0.15) is 35.4 Å². The van der Waals surface area contributed by atoms with Crippen LogP contribution < -0.4 is 24.4 Å². The topological polar surface area (TPSA) is 198 Å². The van der Waals surface area contributed by atoms with Gasteiger partial charge in [-0.1, -0.05) is 0 Å². The number of aliphatic hydroxyl groups is 4. The van der Waals surface area contributed by atoms with Crippen LogP contribution in [0, 0.1) is 0 Å². The zero-order valence-electron chi connectivity index (χ0n) is 19.9. The molecular weight excluding hydrogens is 496 g/mol. The number of phenols is 2. The first-order chi connectivity index (χ1) is 17.7. The summed E-state index contributed by atoms with van der Waals surface area (Å²) >= 11 is 0. The highest BCUT2D eigenvalue weighted by Crippen LogP contribution is 2.45. The molecule has 5 unspecified atom stereocenters. The largest absolute Gasteiger partial charge is 0.504 e. The second-order valence-corrected chi connectivity index (χ2v) is 8.13. The normalized spacial score (nSPS) is 23.6. The molecule has 1 aliphatic heterocycles. The van der Waals surface area contributed by atoms with Crippen molar-refractivity contribution in [2.24, 2.45) is 0 Å². The highest BCUT2D eigenvalue weighted by Gasteiger charge is 2.45. The number of hydrogen-bond acceptors (Lipinski definition) is 13. The molecular formula is C24H26O13. The van der Waals surface area contributed by atoms with Crippen LogP contribution in [0.1, 0.15) is 0 Å². The molecule has 37 heavy (non-hydrogen) atoms. The Morgan fingerprint density at radius 3 is 2.22 bits per heavy atom. The molecule has 1 aliphatic rings. The molecule has 13 heteroatoms. The number of aromatic hydroxyl groups is 2. The molecule has 0 radical (unpaired) electrons. The van der Waals surface area contributed by atoms with Gasteiger partial charge in [-0.05, 0) is 18.2 Å². The van der Waals surface area contributed by atoms with Gasteiger partial charge in [0.15, 0.2) is 28.8 Å². The number of aliphatic hydroxyl groups excluding tert-OH is 4. The minimum atomic E-state index is -1.75. The zero-order chi connectivity index (χ0) is 27.0. The lowest BCUT2D eigenvalue weighted by atomic mass is 9.99. The number of rotatable bonds is 7. The summed E-state index contributed by atoms with van der Waals surface area (Å²) in [5.41, 5.74) is -0.621. The Labute approximate surface area is 209 Å². The van der Waals surface area contributed by atoms with Crippen LogP contribution in [0.2, 0.25) is 0 Å². The number of hydrogen-bond donors (Lipinski definition) is 6. The SMILES string of the molecule is COc1cc(-c2oc3cc(OC4OC(CO)C(O)C(O)C4O)c(OC)c(O)c3c(=O)c2OC)ccc1O. The first-order valence-corrected chi connectivity index (χ1v) is 11.0. The van der Waals surface area contributed by atoms with Crippen molar-refractivity contribution in [2.75, 3.05) is 27.9 Å². The van der Waals surface area contributed by atoms with Crippen molar-refractivity contribution >= 4 is 11.0 Å². The van der Waals surface area contributed by atoms with Crippen molar-refractivity contribution < 1.29 is 58.7 Å². The Balaban J connectivity index is 1.88. The maximum atomic E-state index is 13.3. The van der Waals surface area contributed by atoms with Crippen LogP contribution in [-0.2, 0) is 4.74 Å². The molecule has 2 heterocycles. The summed E-state index contributed by atoms with van der Waals surface area (Å²) in [5.74, 6) is -1.59. The molecule has 13 nitrogen and oxygen atoms in total. The number of fused-ring (bicyclic) bond motifs is 1. The third-order valence-electron chi connectivity index (χ3n) is 5.98.